The molecule has 0 aromatic heterocycles. The summed E-state index contributed by atoms with van der Waals surface area (Å²) >= 11 is 0. The van der Waals surface area contributed by atoms with Crippen LogP contribution in [0.4, 0.5) is 0 Å². The van der Waals surface area contributed by atoms with Crippen LogP contribution in [0.25, 0.3) is 0 Å². The maximum atomic E-state index is 11.6. The van der Waals surface area contributed by atoms with E-state index >= 15 is 0 Å². The molecule has 7 heteroatoms. The first-order chi connectivity index (χ1) is 8.99. The summed E-state index contributed by atoms with van der Waals surface area (Å²) < 4.78 is 5.36. The molecule has 1 heterocycles. The van der Waals surface area contributed by atoms with Crippen LogP contribution in [0.5, 0.6) is 0 Å². The van der Waals surface area contributed by atoms with E-state index in [0.717, 1.165) is 12.8 Å². The minimum atomic E-state index is -1.22. The molecule has 0 aliphatic carbocycles. The minimum Gasteiger partial charge on any atom is -0.481 e. The van der Waals surface area contributed by atoms with Gasteiger partial charge in [-0.2, -0.15) is 0 Å². The number of amides is 1. The van der Waals surface area contributed by atoms with Crippen LogP contribution in [0.1, 0.15) is 38.5 Å². The van der Waals surface area contributed by atoms with E-state index in [9.17, 15) is 14.4 Å². The van der Waals surface area contributed by atoms with E-state index in [-0.39, 0.29) is 31.3 Å². The Balaban J connectivity index is 2.29. The molecule has 1 aliphatic rings. The van der Waals surface area contributed by atoms with E-state index in [1.807, 2.05) is 0 Å². The average Bonchev–Trinajstić information content (AvgIpc) is 2.84. The van der Waals surface area contributed by atoms with Gasteiger partial charge in [0.1, 0.15) is 6.04 Å². The van der Waals surface area contributed by atoms with Crippen molar-refractivity contribution in [3.8, 4) is 0 Å². The van der Waals surface area contributed by atoms with Crippen molar-refractivity contribution in [1.82, 2.24) is 5.32 Å². The van der Waals surface area contributed by atoms with E-state index in [2.05, 4.69) is 5.32 Å². The van der Waals surface area contributed by atoms with Crippen LogP contribution < -0.4 is 5.32 Å². The van der Waals surface area contributed by atoms with Gasteiger partial charge in [0.15, 0.2) is 0 Å². The maximum absolute atomic E-state index is 11.6. The molecule has 1 amide bonds. The second-order valence-electron chi connectivity index (χ2n) is 4.56. The first-order valence-electron chi connectivity index (χ1n) is 6.34. The van der Waals surface area contributed by atoms with Gasteiger partial charge in [-0.15, -0.1) is 0 Å². The number of hydrogen-bond donors (Lipinski definition) is 3. The fourth-order valence-corrected chi connectivity index (χ4v) is 1.96. The summed E-state index contributed by atoms with van der Waals surface area (Å²) in [4.78, 5) is 32.8. The van der Waals surface area contributed by atoms with Crippen molar-refractivity contribution in [3.63, 3.8) is 0 Å². The Bertz CT molecular complexity index is 337. The lowest BCUT2D eigenvalue weighted by atomic mass is 10.1. The summed E-state index contributed by atoms with van der Waals surface area (Å²) in [6, 6.07) is -1.15. The van der Waals surface area contributed by atoms with Crippen LogP contribution >= 0.6 is 0 Å². The number of carboxylic acids is 2. The quantitative estimate of drug-likeness (QED) is 0.589. The molecule has 2 atom stereocenters. The smallest absolute Gasteiger partial charge is 0.326 e. The number of aliphatic carboxylic acids is 2. The van der Waals surface area contributed by atoms with Gasteiger partial charge >= 0.3 is 11.9 Å². The molecule has 0 radical (unpaired) electrons. The van der Waals surface area contributed by atoms with E-state index in [0.29, 0.717) is 13.0 Å². The molecule has 3 N–H and O–H groups in total. The Labute approximate surface area is 110 Å². The number of hydrogen-bond acceptors (Lipinski definition) is 4. The van der Waals surface area contributed by atoms with Crippen molar-refractivity contribution in [1.29, 1.82) is 0 Å². The van der Waals surface area contributed by atoms with Crippen molar-refractivity contribution in [3.05, 3.63) is 0 Å². The Morgan fingerprint density at radius 1 is 1.26 bits per heavy atom. The third-order valence-electron chi connectivity index (χ3n) is 3.00. The van der Waals surface area contributed by atoms with Crippen LogP contribution in [0, 0.1) is 0 Å². The van der Waals surface area contributed by atoms with E-state index in [1.54, 1.807) is 0 Å². The highest BCUT2D eigenvalue weighted by Gasteiger charge is 2.22. The molecule has 0 spiro atoms. The van der Waals surface area contributed by atoms with Gasteiger partial charge in [-0.05, 0) is 25.7 Å². The number of nitrogens with one attached hydrogen (secondary N) is 1. The third kappa shape index (κ3) is 6.19. The fraction of sp³-hybridized carbons (Fsp3) is 0.750. The van der Waals surface area contributed by atoms with Gasteiger partial charge in [0.25, 0.3) is 0 Å². The molecule has 1 rings (SSSR count). The SMILES string of the molecule is O=C(O)CC[C@H](NC(=O)CCC1CCCO1)C(=O)O. The molecular formula is C12H19NO6. The lowest BCUT2D eigenvalue weighted by Crippen LogP contribution is -2.41. The molecule has 108 valence electrons. The molecule has 7 nitrogen and oxygen atoms in total. The number of carboxylic acid groups (broad SMARTS) is 2. The molecule has 0 bridgehead atoms. The van der Waals surface area contributed by atoms with Gasteiger partial charge < -0.3 is 20.3 Å². The molecule has 1 fully saturated rings. The van der Waals surface area contributed by atoms with E-state index in [4.69, 9.17) is 14.9 Å². The van der Waals surface area contributed by atoms with Crippen LogP contribution in [0.15, 0.2) is 0 Å². The van der Waals surface area contributed by atoms with Gasteiger partial charge in [-0.3, -0.25) is 9.59 Å². The van der Waals surface area contributed by atoms with Crippen LogP contribution in [0.2, 0.25) is 0 Å². The van der Waals surface area contributed by atoms with Crippen molar-refractivity contribution in [2.45, 2.75) is 50.7 Å². The predicted octanol–water partition coefficient (Wildman–Crippen LogP) is 0.380. The molecule has 1 saturated heterocycles. The Hall–Kier alpha value is -1.63. The zero-order valence-corrected chi connectivity index (χ0v) is 10.6. The van der Waals surface area contributed by atoms with Gasteiger partial charge in [0.2, 0.25) is 5.91 Å². The van der Waals surface area contributed by atoms with E-state index in [1.165, 1.54) is 0 Å². The summed E-state index contributed by atoms with van der Waals surface area (Å²) in [6.07, 6.45) is 2.35. The predicted molar refractivity (Wildman–Crippen MR) is 64.6 cm³/mol. The van der Waals surface area contributed by atoms with Gasteiger partial charge in [0.05, 0.1) is 6.10 Å². The lowest BCUT2D eigenvalue weighted by molar-refractivity contribution is -0.143. The van der Waals surface area contributed by atoms with Gasteiger partial charge in [0, 0.05) is 19.4 Å². The summed E-state index contributed by atoms with van der Waals surface area (Å²) in [5.74, 6) is -2.68. The number of rotatable bonds is 8. The highest BCUT2D eigenvalue weighted by molar-refractivity contribution is 5.83. The molecule has 0 aromatic carbocycles. The molecule has 19 heavy (non-hydrogen) atoms. The number of carbonyl (C=O) groups excluding carboxylic acids is 1. The Morgan fingerprint density at radius 2 is 2.00 bits per heavy atom. The summed E-state index contributed by atoms with van der Waals surface area (Å²) in [5.41, 5.74) is 0. The van der Waals surface area contributed by atoms with Gasteiger partial charge in [-0.25, -0.2) is 4.79 Å². The van der Waals surface area contributed by atoms with Crippen molar-refractivity contribution < 1.29 is 29.3 Å². The lowest BCUT2D eigenvalue weighted by Gasteiger charge is -2.14. The Morgan fingerprint density at radius 3 is 2.53 bits per heavy atom. The van der Waals surface area contributed by atoms with E-state index < -0.39 is 18.0 Å². The minimum absolute atomic E-state index is 0.0769. The van der Waals surface area contributed by atoms with Crippen molar-refractivity contribution in [2.24, 2.45) is 0 Å². The number of ether oxygens (including phenoxy) is 1. The zero-order chi connectivity index (χ0) is 14.3. The first-order valence-corrected chi connectivity index (χ1v) is 6.34. The van der Waals surface area contributed by atoms with Crippen molar-refractivity contribution in [2.75, 3.05) is 6.61 Å². The summed E-state index contributed by atoms with van der Waals surface area (Å²) in [6.45, 7) is 0.711. The van der Waals surface area contributed by atoms with Gasteiger partial charge in [-0.1, -0.05) is 0 Å². The average molecular weight is 273 g/mol. The zero-order valence-electron chi connectivity index (χ0n) is 10.6. The van der Waals surface area contributed by atoms with Crippen LogP contribution in [-0.2, 0) is 19.1 Å². The second-order valence-corrected chi connectivity index (χ2v) is 4.56. The van der Waals surface area contributed by atoms with Crippen LogP contribution in [-0.4, -0.2) is 46.8 Å². The maximum Gasteiger partial charge on any atom is 0.326 e. The van der Waals surface area contributed by atoms with Crippen LogP contribution in [0.3, 0.4) is 0 Å². The number of carbonyl (C=O) groups is 3. The molecular weight excluding hydrogens is 254 g/mol. The standard InChI is InChI=1S/C12H19NO6/c14-10(5-3-8-2-1-7-19-8)13-9(12(17)18)4-6-11(15)16/h8-9H,1-7H2,(H,13,14)(H,15,16)(H,17,18)/t8?,9-/m0/s1. The Kier molecular flexibility index (Phi) is 6.27. The molecule has 1 aliphatic heterocycles. The monoisotopic (exact) mass is 273 g/mol. The largest absolute Gasteiger partial charge is 0.481 e. The molecule has 1 unspecified atom stereocenters. The topological polar surface area (TPSA) is 113 Å². The normalized spacial score (nSPS) is 19.9. The summed E-state index contributed by atoms with van der Waals surface area (Å²) in [5, 5.41) is 19.7. The molecule has 0 saturated carbocycles. The first kappa shape index (κ1) is 15.4. The summed E-state index contributed by atoms with van der Waals surface area (Å²) in [7, 11) is 0. The second kappa shape index (κ2) is 7.73. The van der Waals surface area contributed by atoms with Crippen molar-refractivity contribution >= 4 is 17.8 Å². The highest BCUT2D eigenvalue weighted by Crippen LogP contribution is 2.16. The molecule has 0 aromatic rings. The highest BCUT2D eigenvalue weighted by atomic mass is 16.5. The third-order valence-corrected chi connectivity index (χ3v) is 3.00. The fourth-order valence-electron chi connectivity index (χ4n) is 1.96.